The minimum atomic E-state index is -1.52. The lowest BCUT2D eigenvalue weighted by Gasteiger charge is -2.32. The van der Waals surface area contributed by atoms with Gasteiger partial charge in [-0.15, -0.1) is 5.10 Å². The smallest absolute Gasteiger partial charge is 0.416 e. The molecule has 1 aliphatic heterocycles. The van der Waals surface area contributed by atoms with E-state index < -0.39 is 53.1 Å². The monoisotopic (exact) mass is 872 g/mol. The Balaban J connectivity index is 1.14. The number of fused-ring (bicyclic) bond motifs is 1. The van der Waals surface area contributed by atoms with Crippen molar-refractivity contribution in [3.05, 3.63) is 89.3 Å². The number of esters is 1. The minimum Gasteiger partial charge on any atom is -0.477 e. The first-order valence-corrected chi connectivity index (χ1v) is 19.4. The maximum atomic E-state index is 13.9. The van der Waals surface area contributed by atoms with Crippen LogP contribution in [-0.2, 0) is 35.1 Å². The van der Waals surface area contributed by atoms with E-state index in [-0.39, 0.29) is 58.2 Å². The number of nitrogens with one attached hydrogen (secondary N) is 4. The van der Waals surface area contributed by atoms with Crippen LogP contribution in [0.1, 0.15) is 49.7 Å². The summed E-state index contributed by atoms with van der Waals surface area (Å²) in [6, 6.07) is 14.3. The molecule has 0 saturated carbocycles. The Hall–Kier alpha value is -7.39. The summed E-state index contributed by atoms with van der Waals surface area (Å²) in [5.74, 6) is -5.08. The lowest BCUT2D eigenvalue weighted by Crippen LogP contribution is -2.49. The number of urea groups is 1. The van der Waals surface area contributed by atoms with Crippen LogP contribution in [0.2, 0.25) is 5.02 Å². The summed E-state index contributed by atoms with van der Waals surface area (Å²) < 4.78 is 12.8. The molecule has 0 unspecified atom stereocenters. The average Bonchev–Trinajstić information content (AvgIpc) is 3.89. The van der Waals surface area contributed by atoms with Crippen molar-refractivity contribution in [3.8, 4) is 5.69 Å². The molecule has 21 nitrogen and oxygen atoms in total. The third-order valence-corrected chi connectivity index (χ3v) is 9.58. The van der Waals surface area contributed by atoms with Crippen LogP contribution in [0.15, 0.2) is 73.1 Å². The van der Waals surface area contributed by atoms with Crippen molar-refractivity contribution >= 4 is 81.4 Å². The minimum absolute atomic E-state index is 0.0532. The van der Waals surface area contributed by atoms with Crippen LogP contribution >= 0.6 is 11.6 Å². The number of hydrogen-bond donors (Lipinski definition) is 6. The molecule has 0 spiro atoms. The Morgan fingerprint density at radius 3 is 2.23 bits per heavy atom. The number of amides is 5. The molecular weight excluding hydrogens is 832 g/mol. The maximum Gasteiger partial charge on any atom is 0.416 e. The summed E-state index contributed by atoms with van der Waals surface area (Å²) in [6.45, 7) is 5.92. The van der Waals surface area contributed by atoms with Gasteiger partial charge in [0.05, 0.1) is 23.0 Å². The predicted octanol–water partition coefficient (Wildman–Crippen LogP) is 4.15. The molecule has 2 aromatic heterocycles. The van der Waals surface area contributed by atoms with Crippen LogP contribution in [0, 0.1) is 0 Å². The number of carbonyl (C=O) groups excluding carboxylic acids is 5. The van der Waals surface area contributed by atoms with E-state index in [4.69, 9.17) is 21.1 Å². The summed E-state index contributed by atoms with van der Waals surface area (Å²) in [6.07, 6.45) is 0.433. The molecule has 1 fully saturated rings. The standard InChI is InChI=1S/C40H41ClN10O11/c1-40(2,3)62-33(52)20-61-27-12-14-49(15-13-27)38(58)44-25-7-4-22(5-8-25)16-29(34(53)43-26-9-11-30-23(17-26)18-32(37(56)57)51(30)39(59)60)46-36(55)35(54)45-28-19-24(41)6-10-31(28)50-21-42-47-48-50/h4-11,17-19,21,27,29H,12-16,20H2,1-3H3,(H,43,53)(H,44,58)(H,45,54)(H,46,55)(H,56,57)(H,59,60)/t29-/m0/s1. The van der Waals surface area contributed by atoms with E-state index in [2.05, 4.69) is 36.8 Å². The first-order valence-electron chi connectivity index (χ1n) is 19.0. The third-order valence-electron chi connectivity index (χ3n) is 9.34. The summed E-state index contributed by atoms with van der Waals surface area (Å²) in [5.41, 5.74) is 0.376. The van der Waals surface area contributed by atoms with E-state index in [9.17, 15) is 43.8 Å². The van der Waals surface area contributed by atoms with Gasteiger partial charge in [-0.3, -0.25) is 14.4 Å². The molecule has 1 atom stereocenters. The fraction of sp³-hybridized carbons (Fsp3) is 0.300. The van der Waals surface area contributed by atoms with E-state index >= 15 is 0 Å². The van der Waals surface area contributed by atoms with Gasteiger partial charge >= 0.3 is 35.9 Å². The molecule has 1 saturated heterocycles. The number of carboxylic acids is 1. The molecule has 324 valence electrons. The Morgan fingerprint density at radius 1 is 0.871 bits per heavy atom. The number of nitrogens with zero attached hydrogens (tertiary/aromatic N) is 6. The molecule has 22 heteroatoms. The molecular formula is C40H41ClN10O11. The molecule has 0 bridgehead atoms. The van der Waals surface area contributed by atoms with Gasteiger partial charge in [-0.25, -0.2) is 23.7 Å². The van der Waals surface area contributed by atoms with Crippen LogP contribution in [0.3, 0.4) is 0 Å². The molecule has 0 aliphatic carbocycles. The number of ether oxygens (including phenoxy) is 2. The highest BCUT2D eigenvalue weighted by Gasteiger charge is 2.28. The molecule has 5 aromatic rings. The normalized spacial score (nSPS) is 13.5. The highest BCUT2D eigenvalue weighted by molar-refractivity contribution is 6.40. The van der Waals surface area contributed by atoms with Crippen LogP contribution < -0.4 is 21.3 Å². The zero-order chi connectivity index (χ0) is 44.7. The Bertz CT molecular complexity index is 2510. The molecule has 1 aliphatic rings. The number of halogens is 1. The second kappa shape index (κ2) is 18.9. The van der Waals surface area contributed by atoms with Crippen LogP contribution in [0.4, 0.5) is 26.7 Å². The van der Waals surface area contributed by atoms with Crippen LogP contribution in [-0.4, -0.2) is 119 Å². The number of hydrogen-bond acceptors (Lipinski definition) is 12. The topological polar surface area (TPSA) is 278 Å². The number of rotatable bonds is 12. The summed E-state index contributed by atoms with van der Waals surface area (Å²) >= 11 is 6.16. The number of carboxylic acid groups (broad SMARTS) is 2. The van der Waals surface area contributed by atoms with E-state index in [1.54, 1.807) is 49.9 Å². The lowest BCUT2D eigenvalue weighted by atomic mass is 10.0. The fourth-order valence-corrected chi connectivity index (χ4v) is 6.69. The van der Waals surface area contributed by atoms with Gasteiger partial charge in [0.2, 0.25) is 5.91 Å². The Morgan fingerprint density at radius 2 is 1.58 bits per heavy atom. The number of carbonyl (C=O) groups is 7. The van der Waals surface area contributed by atoms with Gasteiger partial charge in [-0.1, -0.05) is 23.7 Å². The van der Waals surface area contributed by atoms with E-state index in [1.165, 1.54) is 47.4 Å². The highest BCUT2D eigenvalue weighted by atomic mass is 35.5. The van der Waals surface area contributed by atoms with Gasteiger partial charge in [0.1, 0.15) is 30.3 Å². The van der Waals surface area contributed by atoms with Crippen LogP contribution in [0.25, 0.3) is 16.6 Å². The number of likely N-dealkylation sites (tertiary alicyclic amines) is 1. The van der Waals surface area contributed by atoms with Crippen molar-refractivity contribution in [1.29, 1.82) is 0 Å². The van der Waals surface area contributed by atoms with Crippen molar-refractivity contribution < 1.29 is 53.2 Å². The summed E-state index contributed by atoms with van der Waals surface area (Å²) in [4.78, 5) is 90.9. The number of piperidine rings is 1. The SMILES string of the molecule is CC(C)(C)OC(=O)COC1CCN(C(=O)Nc2ccc(C[C@H](NC(=O)C(=O)Nc3cc(Cl)ccc3-n3cnnn3)C(=O)Nc3ccc4c(c3)cc(C(=O)O)n4C(=O)O)cc2)CC1. The highest BCUT2D eigenvalue weighted by Crippen LogP contribution is 2.26. The van der Waals surface area contributed by atoms with Gasteiger partial charge in [-0.05, 0) is 104 Å². The number of aromatic nitrogens is 5. The maximum absolute atomic E-state index is 13.9. The fourth-order valence-electron chi connectivity index (χ4n) is 6.52. The second-order valence-electron chi connectivity index (χ2n) is 15.0. The largest absolute Gasteiger partial charge is 0.477 e. The number of aromatic carboxylic acids is 1. The van der Waals surface area contributed by atoms with Gasteiger partial charge in [0, 0.05) is 41.3 Å². The summed E-state index contributed by atoms with van der Waals surface area (Å²) in [7, 11) is 0. The Kier molecular flexibility index (Phi) is 13.5. The molecule has 5 amide bonds. The molecule has 3 aromatic carbocycles. The third kappa shape index (κ3) is 11.2. The number of tetrazole rings is 1. The Labute approximate surface area is 357 Å². The predicted molar refractivity (Wildman–Crippen MR) is 221 cm³/mol. The van der Waals surface area contributed by atoms with Crippen molar-refractivity contribution in [2.75, 3.05) is 35.6 Å². The van der Waals surface area contributed by atoms with Crippen molar-refractivity contribution in [2.24, 2.45) is 0 Å². The van der Waals surface area contributed by atoms with Gasteiger partial charge < -0.3 is 45.9 Å². The van der Waals surface area contributed by atoms with Crippen LogP contribution in [0.5, 0.6) is 0 Å². The van der Waals surface area contributed by atoms with E-state index in [0.717, 1.165) is 6.07 Å². The summed E-state index contributed by atoms with van der Waals surface area (Å²) in [5, 5.41) is 40.9. The van der Waals surface area contributed by atoms with Crippen molar-refractivity contribution in [2.45, 2.75) is 57.8 Å². The molecule has 62 heavy (non-hydrogen) atoms. The van der Waals surface area contributed by atoms with Gasteiger partial charge in [-0.2, -0.15) is 4.68 Å². The van der Waals surface area contributed by atoms with Crippen molar-refractivity contribution in [3.63, 3.8) is 0 Å². The number of benzene rings is 3. The molecule has 0 radical (unpaired) electrons. The van der Waals surface area contributed by atoms with Gasteiger partial charge in [0.15, 0.2) is 0 Å². The first kappa shape index (κ1) is 44.2. The quantitative estimate of drug-likeness (QED) is 0.0759. The van der Waals surface area contributed by atoms with E-state index in [0.29, 0.717) is 41.7 Å². The van der Waals surface area contributed by atoms with Crippen molar-refractivity contribution in [1.82, 2.24) is 35.0 Å². The second-order valence-corrected chi connectivity index (χ2v) is 15.5. The molecule has 3 heterocycles. The molecule has 6 N–H and O–H groups in total. The van der Waals surface area contributed by atoms with E-state index in [1.807, 2.05) is 0 Å². The molecule has 6 rings (SSSR count). The average molecular weight is 873 g/mol. The number of anilines is 3. The zero-order valence-corrected chi connectivity index (χ0v) is 34.2. The van der Waals surface area contributed by atoms with Gasteiger partial charge in [0.25, 0.3) is 0 Å². The first-order chi connectivity index (χ1) is 29.4. The lowest BCUT2D eigenvalue weighted by molar-refractivity contribution is -0.163. The zero-order valence-electron chi connectivity index (χ0n) is 33.5.